The van der Waals surface area contributed by atoms with Gasteiger partial charge < -0.3 is 4.90 Å². The summed E-state index contributed by atoms with van der Waals surface area (Å²) in [6, 6.07) is 8.39. The van der Waals surface area contributed by atoms with Crippen LogP contribution in [-0.2, 0) is 11.2 Å². The number of amides is 1. The summed E-state index contributed by atoms with van der Waals surface area (Å²) in [6.45, 7) is 6.88. The maximum absolute atomic E-state index is 12.4. The molecule has 0 radical (unpaired) electrons. The average molecular weight is 287 g/mol. The van der Waals surface area contributed by atoms with E-state index in [1.54, 1.807) is 11.3 Å². The molecule has 0 unspecified atom stereocenters. The first kappa shape index (κ1) is 14.8. The summed E-state index contributed by atoms with van der Waals surface area (Å²) >= 11 is 1.68. The number of benzene rings is 1. The van der Waals surface area contributed by atoms with Crippen molar-refractivity contribution in [2.75, 3.05) is 11.4 Å². The Bertz CT molecular complexity index is 554. The lowest BCUT2D eigenvalue weighted by molar-refractivity contribution is -0.118. The van der Waals surface area contributed by atoms with E-state index in [9.17, 15) is 4.79 Å². The molecule has 1 aromatic heterocycles. The fraction of sp³-hybridized carbons (Fsp3) is 0.353. The first-order valence-corrected chi connectivity index (χ1v) is 7.94. The summed E-state index contributed by atoms with van der Waals surface area (Å²) in [5.74, 6) is 0.198. The van der Waals surface area contributed by atoms with E-state index in [0.717, 1.165) is 12.1 Å². The molecule has 2 rings (SSSR count). The van der Waals surface area contributed by atoms with Gasteiger partial charge in [0.05, 0.1) is 0 Å². The molecule has 0 saturated carbocycles. The Morgan fingerprint density at radius 1 is 1.20 bits per heavy atom. The van der Waals surface area contributed by atoms with Crippen LogP contribution in [0.3, 0.4) is 0 Å². The van der Waals surface area contributed by atoms with Crippen LogP contribution in [0, 0.1) is 13.8 Å². The van der Waals surface area contributed by atoms with Crippen molar-refractivity contribution in [3.63, 3.8) is 0 Å². The molecule has 0 fully saturated rings. The van der Waals surface area contributed by atoms with Crippen LogP contribution in [0.15, 0.2) is 35.0 Å². The van der Waals surface area contributed by atoms with Crippen molar-refractivity contribution in [3.8, 4) is 0 Å². The highest BCUT2D eigenvalue weighted by Crippen LogP contribution is 2.20. The highest BCUT2D eigenvalue weighted by Gasteiger charge is 2.14. The van der Waals surface area contributed by atoms with E-state index in [1.807, 2.05) is 11.8 Å². The fourth-order valence-corrected chi connectivity index (χ4v) is 3.13. The van der Waals surface area contributed by atoms with Crippen LogP contribution in [0.2, 0.25) is 0 Å². The van der Waals surface area contributed by atoms with Crippen LogP contribution < -0.4 is 4.90 Å². The van der Waals surface area contributed by atoms with Gasteiger partial charge in [0.25, 0.3) is 0 Å². The normalized spacial score (nSPS) is 10.6. The van der Waals surface area contributed by atoms with E-state index in [0.29, 0.717) is 13.0 Å². The highest BCUT2D eigenvalue weighted by atomic mass is 32.1. The standard InChI is InChI=1S/C17H21NOS/c1-4-18(16-10-13(2)9-14(3)11-16)17(19)6-5-15-7-8-20-12-15/h7-12H,4-6H2,1-3H3. The number of carbonyl (C=O) groups excluding carboxylic acids is 1. The van der Waals surface area contributed by atoms with Crippen molar-refractivity contribution in [2.45, 2.75) is 33.6 Å². The van der Waals surface area contributed by atoms with Crippen molar-refractivity contribution in [1.29, 1.82) is 0 Å². The Kier molecular flexibility index (Phi) is 4.96. The van der Waals surface area contributed by atoms with Crippen molar-refractivity contribution in [1.82, 2.24) is 0 Å². The first-order valence-electron chi connectivity index (χ1n) is 7.00. The topological polar surface area (TPSA) is 20.3 Å². The Hall–Kier alpha value is -1.61. The Morgan fingerprint density at radius 3 is 2.45 bits per heavy atom. The molecule has 0 atom stereocenters. The molecular formula is C17H21NOS. The third kappa shape index (κ3) is 3.70. The zero-order valence-corrected chi connectivity index (χ0v) is 13.2. The molecule has 2 aromatic rings. The average Bonchev–Trinajstić information content (AvgIpc) is 2.89. The van der Waals surface area contributed by atoms with Gasteiger partial charge in [-0.1, -0.05) is 6.07 Å². The van der Waals surface area contributed by atoms with Crippen LogP contribution in [-0.4, -0.2) is 12.5 Å². The zero-order valence-electron chi connectivity index (χ0n) is 12.3. The van der Waals surface area contributed by atoms with Gasteiger partial charge in [-0.15, -0.1) is 0 Å². The maximum Gasteiger partial charge on any atom is 0.227 e. The van der Waals surface area contributed by atoms with E-state index in [-0.39, 0.29) is 5.91 Å². The van der Waals surface area contributed by atoms with Crippen LogP contribution in [0.1, 0.15) is 30.0 Å². The van der Waals surface area contributed by atoms with Crippen molar-refractivity contribution >= 4 is 22.9 Å². The lowest BCUT2D eigenvalue weighted by atomic mass is 10.1. The second-order valence-electron chi connectivity index (χ2n) is 5.12. The fourth-order valence-electron chi connectivity index (χ4n) is 2.43. The van der Waals surface area contributed by atoms with Crippen molar-refractivity contribution in [2.24, 2.45) is 0 Å². The van der Waals surface area contributed by atoms with Gasteiger partial charge in [0.15, 0.2) is 0 Å². The minimum atomic E-state index is 0.198. The molecule has 0 aliphatic heterocycles. The highest BCUT2D eigenvalue weighted by molar-refractivity contribution is 7.07. The summed E-state index contributed by atoms with van der Waals surface area (Å²) in [6.07, 6.45) is 1.39. The molecule has 1 amide bonds. The van der Waals surface area contributed by atoms with Gasteiger partial charge in [0.1, 0.15) is 0 Å². The third-order valence-electron chi connectivity index (χ3n) is 3.34. The van der Waals surface area contributed by atoms with E-state index >= 15 is 0 Å². The van der Waals surface area contributed by atoms with Gasteiger partial charge in [-0.05, 0) is 72.8 Å². The first-order chi connectivity index (χ1) is 9.60. The molecule has 2 nitrogen and oxygen atoms in total. The number of carbonyl (C=O) groups is 1. The number of nitrogens with zero attached hydrogens (tertiary/aromatic N) is 1. The van der Waals surface area contributed by atoms with E-state index in [4.69, 9.17) is 0 Å². The maximum atomic E-state index is 12.4. The van der Waals surface area contributed by atoms with Gasteiger partial charge in [-0.25, -0.2) is 0 Å². The monoisotopic (exact) mass is 287 g/mol. The number of anilines is 1. The number of thiophene rings is 1. The second-order valence-corrected chi connectivity index (χ2v) is 5.90. The summed E-state index contributed by atoms with van der Waals surface area (Å²) in [4.78, 5) is 14.3. The lowest BCUT2D eigenvalue weighted by Gasteiger charge is -2.22. The van der Waals surface area contributed by atoms with Gasteiger partial charge in [-0.3, -0.25) is 4.79 Å². The predicted molar refractivity (Wildman–Crippen MR) is 86.6 cm³/mol. The van der Waals surface area contributed by atoms with Gasteiger partial charge in [0.2, 0.25) is 5.91 Å². The number of rotatable bonds is 5. The SMILES string of the molecule is CCN(C(=O)CCc1ccsc1)c1cc(C)cc(C)c1. The van der Waals surface area contributed by atoms with Crippen LogP contribution in [0.5, 0.6) is 0 Å². The third-order valence-corrected chi connectivity index (χ3v) is 4.08. The summed E-state index contributed by atoms with van der Waals surface area (Å²) < 4.78 is 0. The summed E-state index contributed by atoms with van der Waals surface area (Å²) in [7, 11) is 0. The van der Waals surface area contributed by atoms with E-state index in [2.05, 4.69) is 48.9 Å². The van der Waals surface area contributed by atoms with E-state index < -0.39 is 0 Å². The lowest BCUT2D eigenvalue weighted by Crippen LogP contribution is -2.30. The molecule has 0 saturated heterocycles. The quantitative estimate of drug-likeness (QED) is 0.800. The molecule has 0 spiro atoms. The van der Waals surface area contributed by atoms with E-state index in [1.165, 1.54) is 16.7 Å². The van der Waals surface area contributed by atoms with Crippen LogP contribution >= 0.6 is 11.3 Å². The minimum Gasteiger partial charge on any atom is -0.313 e. The number of hydrogen-bond donors (Lipinski definition) is 0. The molecule has 3 heteroatoms. The molecule has 106 valence electrons. The molecular weight excluding hydrogens is 266 g/mol. The minimum absolute atomic E-state index is 0.198. The summed E-state index contributed by atoms with van der Waals surface area (Å²) in [5.41, 5.74) is 4.66. The van der Waals surface area contributed by atoms with Crippen LogP contribution in [0.25, 0.3) is 0 Å². The summed E-state index contributed by atoms with van der Waals surface area (Å²) in [5, 5.41) is 4.17. The smallest absolute Gasteiger partial charge is 0.227 e. The Labute approximate surface area is 125 Å². The number of aryl methyl sites for hydroxylation is 3. The molecule has 0 aliphatic rings. The molecule has 1 aromatic carbocycles. The zero-order chi connectivity index (χ0) is 14.5. The van der Waals surface area contributed by atoms with Gasteiger partial charge in [0, 0.05) is 18.7 Å². The number of hydrogen-bond acceptors (Lipinski definition) is 2. The Morgan fingerprint density at radius 2 is 1.90 bits per heavy atom. The molecule has 20 heavy (non-hydrogen) atoms. The molecule has 0 aliphatic carbocycles. The van der Waals surface area contributed by atoms with Crippen molar-refractivity contribution < 1.29 is 4.79 Å². The molecule has 0 bridgehead atoms. The predicted octanol–water partition coefficient (Wildman–Crippen LogP) is 4.35. The second kappa shape index (κ2) is 6.71. The van der Waals surface area contributed by atoms with Crippen molar-refractivity contribution in [3.05, 3.63) is 51.7 Å². The largest absolute Gasteiger partial charge is 0.313 e. The molecule has 1 heterocycles. The Balaban J connectivity index is 2.08. The molecule has 0 N–H and O–H groups in total. The van der Waals surface area contributed by atoms with Crippen LogP contribution in [0.4, 0.5) is 5.69 Å². The van der Waals surface area contributed by atoms with Gasteiger partial charge in [-0.2, -0.15) is 11.3 Å². The van der Waals surface area contributed by atoms with Gasteiger partial charge >= 0.3 is 0 Å².